The summed E-state index contributed by atoms with van der Waals surface area (Å²) >= 11 is 7.42. The van der Waals surface area contributed by atoms with E-state index in [2.05, 4.69) is 22.1 Å². The lowest BCUT2D eigenvalue weighted by Crippen LogP contribution is -2.14. The quantitative estimate of drug-likeness (QED) is 0.483. The summed E-state index contributed by atoms with van der Waals surface area (Å²) in [5, 5.41) is 0.928. The first kappa shape index (κ1) is 18.1. The first-order valence-corrected chi connectivity index (χ1v) is 10.3. The SMILES string of the molecule is O=C(OCc1nc2cc(Cl)ccc2c(=O)[nH]1)c1cc2c(s1)-c1ccccc1CC2. The zero-order chi connectivity index (χ0) is 20.0. The van der Waals surface area contributed by atoms with E-state index in [0.29, 0.717) is 20.8 Å². The fourth-order valence-corrected chi connectivity index (χ4v) is 4.94. The Hall–Kier alpha value is -2.96. The normalized spacial score (nSPS) is 12.4. The minimum absolute atomic E-state index is 0.115. The van der Waals surface area contributed by atoms with Crippen LogP contribution in [-0.4, -0.2) is 15.9 Å². The van der Waals surface area contributed by atoms with Gasteiger partial charge >= 0.3 is 5.97 Å². The van der Waals surface area contributed by atoms with Gasteiger partial charge in [0.1, 0.15) is 17.3 Å². The van der Waals surface area contributed by atoms with Crippen LogP contribution < -0.4 is 5.56 Å². The summed E-state index contributed by atoms with van der Waals surface area (Å²) in [7, 11) is 0. The molecule has 2 heterocycles. The van der Waals surface area contributed by atoms with Crippen molar-refractivity contribution in [3.63, 3.8) is 0 Å². The van der Waals surface area contributed by atoms with Gasteiger partial charge in [0, 0.05) is 9.90 Å². The van der Waals surface area contributed by atoms with Gasteiger partial charge in [0.15, 0.2) is 0 Å². The van der Waals surface area contributed by atoms with E-state index in [1.165, 1.54) is 28.0 Å². The van der Waals surface area contributed by atoms with Crippen LogP contribution in [-0.2, 0) is 24.2 Å². The van der Waals surface area contributed by atoms with Gasteiger partial charge in [-0.1, -0.05) is 35.9 Å². The van der Waals surface area contributed by atoms with Crippen molar-refractivity contribution in [1.82, 2.24) is 9.97 Å². The number of benzene rings is 2. The van der Waals surface area contributed by atoms with E-state index in [1.807, 2.05) is 18.2 Å². The van der Waals surface area contributed by atoms with Gasteiger partial charge in [-0.15, -0.1) is 11.3 Å². The predicted molar refractivity (Wildman–Crippen MR) is 114 cm³/mol. The summed E-state index contributed by atoms with van der Waals surface area (Å²) in [6.07, 6.45) is 1.88. The van der Waals surface area contributed by atoms with Gasteiger partial charge in [-0.2, -0.15) is 0 Å². The number of esters is 1. The lowest BCUT2D eigenvalue weighted by Gasteiger charge is -2.15. The summed E-state index contributed by atoms with van der Waals surface area (Å²) in [5.41, 5.74) is 3.84. The lowest BCUT2D eigenvalue weighted by molar-refractivity contribution is 0.0468. The highest BCUT2D eigenvalue weighted by Crippen LogP contribution is 2.39. The Morgan fingerprint density at radius 2 is 1.97 bits per heavy atom. The van der Waals surface area contributed by atoms with E-state index in [9.17, 15) is 9.59 Å². The topological polar surface area (TPSA) is 72.0 Å². The molecule has 1 aliphatic rings. The maximum Gasteiger partial charge on any atom is 0.348 e. The van der Waals surface area contributed by atoms with Crippen LogP contribution in [0.2, 0.25) is 5.02 Å². The zero-order valence-electron chi connectivity index (χ0n) is 15.2. The molecule has 0 atom stereocenters. The molecule has 0 bridgehead atoms. The van der Waals surface area contributed by atoms with Crippen LogP contribution in [0.15, 0.2) is 53.3 Å². The van der Waals surface area contributed by atoms with E-state index in [1.54, 1.807) is 18.2 Å². The van der Waals surface area contributed by atoms with E-state index in [-0.39, 0.29) is 18.0 Å². The predicted octanol–water partition coefficient (Wildman–Crippen LogP) is 4.76. The van der Waals surface area contributed by atoms with Gasteiger partial charge in [-0.25, -0.2) is 9.78 Å². The van der Waals surface area contributed by atoms with Gasteiger partial charge in [-0.05, 0) is 53.8 Å². The molecule has 0 amide bonds. The van der Waals surface area contributed by atoms with E-state index in [0.717, 1.165) is 17.7 Å². The van der Waals surface area contributed by atoms with Crippen LogP contribution in [0.5, 0.6) is 0 Å². The molecule has 29 heavy (non-hydrogen) atoms. The highest BCUT2D eigenvalue weighted by atomic mass is 35.5. The van der Waals surface area contributed by atoms with E-state index < -0.39 is 5.97 Å². The first-order valence-electron chi connectivity index (χ1n) is 9.15. The molecule has 1 N–H and O–H groups in total. The number of nitrogens with zero attached hydrogens (tertiary/aromatic N) is 1. The summed E-state index contributed by atoms with van der Waals surface area (Å²) in [6.45, 7) is -0.115. The Morgan fingerprint density at radius 1 is 1.14 bits per heavy atom. The number of halogens is 1. The van der Waals surface area contributed by atoms with Crippen molar-refractivity contribution < 1.29 is 9.53 Å². The number of hydrogen-bond acceptors (Lipinski definition) is 5. The van der Waals surface area contributed by atoms with Crippen molar-refractivity contribution in [2.45, 2.75) is 19.4 Å². The minimum atomic E-state index is -0.421. The largest absolute Gasteiger partial charge is 0.453 e. The minimum Gasteiger partial charge on any atom is -0.453 e. The number of thiophene rings is 1. The molecule has 0 fully saturated rings. The summed E-state index contributed by atoms with van der Waals surface area (Å²) in [6, 6.07) is 15.1. The van der Waals surface area contributed by atoms with Gasteiger partial charge in [0.2, 0.25) is 0 Å². The van der Waals surface area contributed by atoms with Crippen molar-refractivity contribution >= 4 is 39.8 Å². The van der Waals surface area contributed by atoms with Gasteiger partial charge in [-0.3, -0.25) is 4.79 Å². The summed E-state index contributed by atoms with van der Waals surface area (Å²) in [5.74, 6) is -0.138. The highest BCUT2D eigenvalue weighted by molar-refractivity contribution is 7.17. The molecule has 0 unspecified atom stereocenters. The Bertz CT molecular complexity index is 1330. The van der Waals surface area contributed by atoms with Crippen molar-refractivity contribution in [2.24, 2.45) is 0 Å². The molecular formula is C22H15ClN2O3S. The standard InChI is InChI=1S/C22H15ClN2O3S/c23-14-7-8-16-17(10-14)24-19(25-21(16)26)11-28-22(27)18-9-13-6-5-12-3-1-2-4-15(12)20(13)29-18/h1-4,7-10H,5-6,11H2,(H,24,25,26). The molecule has 1 aliphatic carbocycles. The second-order valence-electron chi connectivity index (χ2n) is 6.87. The van der Waals surface area contributed by atoms with Gasteiger partial charge in [0.05, 0.1) is 10.9 Å². The Morgan fingerprint density at radius 3 is 2.86 bits per heavy atom. The Kier molecular flexibility index (Phi) is 4.45. The average Bonchev–Trinajstić information content (AvgIpc) is 3.17. The molecule has 144 valence electrons. The number of fused-ring (bicyclic) bond motifs is 4. The Labute approximate surface area is 175 Å². The third-order valence-electron chi connectivity index (χ3n) is 4.99. The molecule has 0 radical (unpaired) electrons. The van der Waals surface area contributed by atoms with Gasteiger partial charge < -0.3 is 9.72 Å². The van der Waals surface area contributed by atoms with Crippen molar-refractivity contribution in [3.05, 3.63) is 85.7 Å². The molecule has 2 aromatic heterocycles. The number of ether oxygens (including phenoxy) is 1. The Balaban J connectivity index is 1.38. The molecule has 5 nitrogen and oxygen atoms in total. The summed E-state index contributed by atoms with van der Waals surface area (Å²) in [4.78, 5) is 33.5. The van der Waals surface area contributed by atoms with Crippen LogP contribution in [0.3, 0.4) is 0 Å². The third kappa shape index (κ3) is 3.34. The number of aromatic amines is 1. The molecule has 0 aliphatic heterocycles. The number of nitrogens with one attached hydrogen (secondary N) is 1. The molecule has 0 spiro atoms. The second-order valence-corrected chi connectivity index (χ2v) is 8.36. The maximum atomic E-state index is 12.6. The highest BCUT2D eigenvalue weighted by Gasteiger charge is 2.22. The van der Waals surface area contributed by atoms with Crippen molar-refractivity contribution in [3.8, 4) is 10.4 Å². The average molecular weight is 423 g/mol. The fraction of sp³-hybridized carbons (Fsp3) is 0.136. The maximum absolute atomic E-state index is 12.6. The van der Waals surface area contributed by atoms with Crippen LogP contribution in [0.4, 0.5) is 0 Å². The lowest BCUT2D eigenvalue weighted by atomic mass is 9.91. The number of rotatable bonds is 3. The molecule has 0 saturated carbocycles. The monoisotopic (exact) mass is 422 g/mol. The number of carbonyl (C=O) groups is 1. The van der Waals surface area contributed by atoms with Crippen LogP contribution in [0, 0.1) is 0 Å². The second kappa shape index (κ2) is 7.13. The molecule has 2 aromatic carbocycles. The number of aryl methyl sites for hydroxylation is 2. The van der Waals surface area contributed by atoms with Crippen molar-refractivity contribution in [1.29, 1.82) is 0 Å². The number of hydrogen-bond donors (Lipinski definition) is 1. The summed E-state index contributed by atoms with van der Waals surface area (Å²) < 4.78 is 5.42. The first-order chi connectivity index (χ1) is 14.1. The molecule has 4 aromatic rings. The molecule has 7 heteroatoms. The molecule has 0 saturated heterocycles. The van der Waals surface area contributed by atoms with E-state index >= 15 is 0 Å². The van der Waals surface area contributed by atoms with Gasteiger partial charge in [0.25, 0.3) is 5.56 Å². The molecular weight excluding hydrogens is 408 g/mol. The van der Waals surface area contributed by atoms with Crippen LogP contribution in [0.25, 0.3) is 21.3 Å². The molecule has 5 rings (SSSR count). The smallest absolute Gasteiger partial charge is 0.348 e. The van der Waals surface area contributed by atoms with Crippen LogP contribution >= 0.6 is 22.9 Å². The van der Waals surface area contributed by atoms with Crippen molar-refractivity contribution in [2.75, 3.05) is 0 Å². The zero-order valence-corrected chi connectivity index (χ0v) is 16.8. The third-order valence-corrected chi connectivity index (χ3v) is 6.42. The number of H-pyrrole nitrogens is 1. The fourth-order valence-electron chi connectivity index (χ4n) is 3.61. The number of aromatic nitrogens is 2. The van der Waals surface area contributed by atoms with Crippen LogP contribution in [0.1, 0.15) is 26.6 Å². The number of carbonyl (C=O) groups excluding carboxylic acids is 1. The van der Waals surface area contributed by atoms with E-state index in [4.69, 9.17) is 16.3 Å².